The lowest BCUT2D eigenvalue weighted by Gasteiger charge is -1.97. The molecule has 1 heterocycles. The first kappa shape index (κ1) is 13.5. The Morgan fingerprint density at radius 2 is 2.20 bits per heavy atom. The number of carbonyl (C=O) groups is 1. The van der Waals surface area contributed by atoms with Crippen molar-refractivity contribution in [3.63, 3.8) is 0 Å². The molecule has 4 heteroatoms. The molecule has 0 aliphatic carbocycles. The molecule has 0 fully saturated rings. The van der Waals surface area contributed by atoms with E-state index in [4.69, 9.17) is 5.41 Å². The summed E-state index contributed by atoms with van der Waals surface area (Å²) >= 11 is 0. The van der Waals surface area contributed by atoms with Gasteiger partial charge in [-0.1, -0.05) is 18.1 Å². The van der Waals surface area contributed by atoms with E-state index in [1.807, 2.05) is 13.0 Å². The third-order valence-corrected chi connectivity index (χ3v) is 2.68. The summed E-state index contributed by atoms with van der Waals surface area (Å²) in [6.07, 6.45) is 6.89. The predicted octanol–water partition coefficient (Wildman–Crippen LogP) is 2.59. The van der Waals surface area contributed by atoms with Crippen LogP contribution in [0.4, 0.5) is 0 Å². The van der Waals surface area contributed by atoms with Gasteiger partial charge in [0.1, 0.15) is 17.8 Å². The quantitative estimate of drug-likeness (QED) is 0.507. The summed E-state index contributed by atoms with van der Waals surface area (Å²) in [5.74, 6) is 6.65. The van der Waals surface area contributed by atoms with Crippen molar-refractivity contribution in [3.8, 4) is 11.8 Å². The standard InChI is InChI=1S/C16H13N3O/c1-12-4-5-13(11-20)9-14(12)6-7-15-10-18-16(19-15)3-2-8-17/h2-5,8-11,17H,1H3,(H,18,19)/b3-2-,17-8?. The molecule has 0 amide bonds. The Labute approximate surface area is 117 Å². The van der Waals surface area contributed by atoms with Gasteiger partial charge in [0.2, 0.25) is 0 Å². The zero-order chi connectivity index (χ0) is 14.4. The highest BCUT2D eigenvalue weighted by atomic mass is 16.1. The largest absolute Gasteiger partial charge is 0.332 e. The number of allylic oxidation sites excluding steroid dienone is 1. The molecule has 98 valence electrons. The number of aldehydes is 1. The molecule has 0 atom stereocenters. The van der Waals surface area contributed by atoms with Gasteiger partial charge in [0.05, 0.1) is 6.20 Å². The maximum atomic E-state index is 10.8. The van der Waals surface area contributed by atoms with Crippen LogP contribution in [0.2, 0.25) is 0 Å². The highest BCUT2D eigenvalue weighted by Crippen LogP contribution is 2.09. The molecule has 0 aliphatic rings. The van der Waals surface area contributed by atoms with Crippen molar-refractivity contribution < 1.29 is 4.79 Å². The lowest BCUT2D eigenvalue weighted by atomic mass is 10.1. The van der Waals surface area contributed by atoms with Gasteiger partial charge in [-0.3, -0.25) is 4.79 Å². The number of nitrogens with zero attached hydrogens (tertiary/aromatic N) is 1. The number of nitrogens with one attached hydrogen (secondary N) is 2. The monoisotopic (exact) mass is 263 g/mol. The minimum absolute atomic E-state index is 0.610. The van der Waals surface area contributed by atoms with Crippen molar-refractivity contribution >= 4 is 18.6 Å². The van der Waals surface area contributed by atoms with Crippen LogP contribution in [-0.4, -0.2) is 22.5 Å². The third kappa shape index (κ3) is 3.30. The predicted molar refractivity (Wildman–Crippen MR) is 79.0 cm³/mol. The van der Waals surface area contributed by atoms with Crippen LogP contribution < -0.4 is 0 Å². The summed E-state index contributed by atoms with van der Waals surface area (Å²) in [5.41, 5.74) is 3.14. The molecule has 0 saturated heterocycles. The van der Waals surface area contributed by atoms with E-state index in [2.05, 4.69) is 21.8 Å². The van der Waals surface area contributed by atoms with Gasteiger partial charge < -0.3 is 10.4 Å². The summed E-state index contributed by atoms with van der Waals surface area (Å²) in [4.78, 5) is 17.9. The molecule has 2 rings (SSSR count). The number of carbonyl (C=O) groups excluding carboxylic acids is 1. The normalized spacial score (nSPS) is 10.1. The lowest BCUT2D eigenvalue weighted by Crippen LogP contribution is -1.86. The van der Waals surface area contributed by atoms with Crippen LogP contribution in [0.5, 0.6) is 0 Å². The van der Waals surface area contributed by atoms with Crippen molar-refractivity contribution in [2.75, 3.05) is 0 Å². The Kier molecular flexibility index (Phi) is 4.25. The van der Waals surface area contributed by atoms with Crippen LogP contribution in [0.15, 0.2) is 30.5 Å². The molecule has 0 aliphatic heterocycles. The average molecular weight is 263 g/mol. The maximum absolute atomic E-state index is 10.8. The van der Waals surface area contributed by atoms with Crippen molar-refractivity contribution in [1.82, 2.24) is 9.97 Å². The molecule has 2 N–H and O–H groups in total. The second-order valence-electron chi connectivity index (χ2n) is 4.15. The van der Waals surface area contributed by atoms with E-state index < -0.39 is 0 Å². The summed E-state index contributed by atoms with van der Waals surface area (Å²) in [5, 5.41) is 6.90. The first-order chi connectivity index (χ1) is 9.72. The van der Waals surface area contributed by atoms with E-state index in [-0.39, 0.29) is 0 Å². The Morgan fingerprint density at radius 3 is 2.95 bits per heavy atom. The fourth-order valence-corrected chi connectivity index (χ4v) is 1.61. The highest BCUT2D eigenvalue weighted by molar-refractivity contribution is 5.76. The number of benzene rings is 1. The van der Waals surface area contributed by atoms with Crippen LogP contribution in [0.1, 0.15) is 33.0 Å². The van der Waals surface area contributed by atoms with E-state index in [0.29, 0.717) is 17.1 Å². The van der Waals surface area contributed by atoms with Gasteiger partial charge in [-0.25, -0.2) is 4.98 Å². The number of hydrogen-bond acceptors (Lipinski definition) is 3. The summed E-state index contributed by atoms with van der Waals surface area (Å²) in [7, 11) is 0. The minimum Gasteiger partial charge on any atom is -0.332 e. The molecule has 1 aromatic carbocycles. The lowest BCUT2D eigenvalue weighted by molar-refractivity contribution is 0.112. The fourth-order valence-electron chi connectivity index (χ4n) is 1.61. The molecular formula is C16H13N3O. The smallest absolute Gasteiger partial charge is 0.150 e. The average Bonchev–Trinajstić information content (AvgIpc) is 2.92. The first-order valence-corrected chi connectivity index (χ1v) is 6.03. The molecule has 4 nitrogen and oxygen atoms in total. The van der Waals surface area contributed by atoms with Gasteiger partial charge in [0.25, 0.3) is 0 Å². The molecule has 20 heavy (non-hydrogen) atoms. The Bertz CT molecular complexity index is 730. The van der Waals surface area contributed by atoms with Crippen LogP contribution in [0.3, 0.4) is 0 Å². The first-order valence-electron chi connectivity index (χ1n) is 6.03. The Balaban J connectivity index is 2.26. The van der Waals surface area contributed by atoms with Gasteiger partial charge in [-0.2, -0.15) is 0 Å². The second kappa shape index (κ2) is 6.30. The maximum Gasteiger partial charge on any atom is 0.150 e. The van der Waals surface area contributed by atoms with Gasteiger partial charge in [-0.15, -0.1) is 0 Å². The number of rotatable bonds is 3. The summed E-state index contributed by atoms with van der Waals surface area (Å²) < 4.78 is 0. The third-order valence-electron chi connectivity index (χ3n) is 2.68. The van der Waals surface area contributed by atoms with Gasteiger partial charge in [0.15, 0.2) is 0 Å². The second-order valence-corrected chi connectivity index (χ2v) is 4.15. The highest BCUT2D eigenvalue weighted by Gasteiger charge is 1.97. The van der Waals surface area contributed by atoms with Crippen molar-refractivity contribution in [2.24, 2.45) is 0 Å². The summed E-state index contributed by atoms with van der Waals surface area (Å²) in [6.45, 7) is 1.95. The van der Waals surface area contributed by atoms with Crippen LogP contribution in [-0.2, 0) is 0 Å². The number of aryl methyl sites for hydroxylation is 1. The SMILES string of the molecule is Cc1ccc(C=O)cc1C#Cc1cnc(/C=C\C=N)[nH]1. The molecule has 2 aromatic rings. The molecule has 0 spiro atoms. The number of imidazole rings is 1. The van der Waals surface area contributed by atoms with E-state index in [9.17, 15) is 4.79 Å². The topological polar surface area (TPSA) is 69.6 Å². The number of H-pyrrole nitrogens is 1. The summed E-state index contributed by atoms with van der Waals surface area (Å²) in [6, 6.07) is 5.41. The van der Waals surface area contributed by atoms with Gasteiger partial charge in [-0.05, 0) is 36.6 Å². The molecular weight excluding hydrogens is 250 g/mol. The zero-order valence-electron chi connectivity index (χ0n) is 11.0. The van der Waals surface area contributed by atoms with E-state index in [1.54, 1.807) is 30.5 Å². The zero-order valence-corrected chi connectivity index (χ0v) is 11.0. The number of aromatic nitrogens is 2. The molecule has 0 saturated carbocycles. The van der Waals surface area contributed by atoms with Crippen LogP contribution >= 0.6 is 0 Å². The number of aromatic amines is 1. The Hall–Kier alpha value is -2.93. The minimum atomic E-state index is 0.610. The molecule has 0 radical (unpaired) electrons. The van der Waals surface area contributed by atoms with Crippen LogP contribution in [0.25, 0.3) is 6.08 Å². The van der Waals surface area contributed by atoms with Gasteiger partial charge >= 0.3 is 0 Å². The van der Waals surface area contributed by atoms with Crippen molar-refractivity contribution in [1.29, 1.82) is 5.41 Å². The van der Waals surface area contributed by atoms with E-state index >= 15 is 0 Å². The van der Waals surface area contributed by atoms with E-state index in [1.165, 1.54) is 6.21 Å². The van der Waals surface area contributed by atoms with Gasteiger partial charge in [0, 0.05) is 17.3 Å². The Morgan fingerprint density at radius 1 is 1.35 bits per heavy atom. The van der Waals surface area contributed by atoms with E-state index in [0.717, 1.165) is 17.4 Å². The van der Waals surface area contributed by atoms with Crippen molar-refractivity contribution in [2.45, 2.75) is 6.92 Å². The van der Waals surface area contributed by atoms with Crippen molar-refractivity contribution in [3.05, 3.63) is 58.7 Å². The number of hydrogen-bond donors (Lipinski definition) is 2. The van der Waals surface area contributed by atoms with Crippen LogP contribution in [0, 0.1) is 24.2 Å². The molecule has 0 unspecified atom stereocenters. The molecule has 0 bridgehead atoms. The fraction of sp³-hybridized carbons (Fsp3) is 0.0625. The molecule has 1 aromatic heterocycles.